The summed E-state index contributed by atoms with van der Waals surface area (Å²) in [5, 5.41) is 10.4. The maximum Gasteiger partial charge on any atom is 0.254 e. The Hall–Kier alpha value is -2.76. The van der Waals surface area contributed by atoms with Gasteiger partial charge in [-0.15, -0.1) is 0 Å². The molecule has 0 radical (unpaired) electrons. The summed E-state index contributed by atoms with van der Waals surface area (Å²) in [6.45, 7) is 15.5. The van der Waals surface area contributed by atoms with E-state index in [1.54, 1.807) is 6.92 Å². The topological polar surface area (TPSA) is 94.5 Å². The monoisotopic (exact) mass is 442 g/mol. The predicted octanol–water partition coefficient (Wildman–Crippen LogP) is 4.81. The molecule has 0 atom stereocenters. The number of ether oxygens (including phenoxy) is 1. The largest absolute Gasteiger partial charge is 0.494 e. The van der Waals surface area contributed by atoms with Gasteiger partial charge in [0.1, 0.15) is 11.3 Å². The maximum atomic E-state index is 12.3. The zero-order valence-electron chi connectivity index (χ0n) is 20.5. The summed E-state index contributed by atoms with van der Waals surface area (Å²) in [4.78, 5) is 23.9. The Morgan fingerprint density at radius 2 is 1.72 bits per heavy atom. The number of hydrogen-bond acceptors (Lipinski definition) is 4. The number of aryl methyl sites for hydroxylation is 1. The van der Waals surface area contributed by atoms with Crippen LogP contribution in [0.3, 0.4) is 0 Å². The van der Waals surface area contributed by atoms with Gasteiger partial charge >= 0.3 is 0 Å². The van der Waals surface area contributed by atoms with Crippen LogP contribution < -0.4 is 16.0 Å². The van der Waals surface area contributed by atoms with Crippen LogP contribution in [-0.4, -0.2) is 22.2 Å². The lowest BCUT2D eigenvalue weighted by molar-refractivity contribution is 0.0995. The third-order valence-corrected chi connectivity index (χ3v) is 6.77. The van der Waals surface area contributed by atoms with Crippen molar-refractivity contribution < 1.29 is 14.6 Å². The maximum absolute atomic E-state index is 12.3. The minimum atomic E-state index is -0.758. The van der Waals surface area contributed by atoms with Crippen LogP contribution in [0.5, 0.6) is 11.6 Å². The van der Waals surface area contributed by atoms with Crippen molar-refractivity contribution in [3.05, 3.63) is 56.9 Å². The zero-order chi connectivity index (χ0) is 24.3. The highest BCUT2D eigenvalue weighted by molar-refractivity contribution is 5.96. The fourth-order valence-electron chi connectivity index (χ4n) is 3.68. The minimum Gasteiger partial charge on any atom is -0.494 e. The Labute approximate surface area is 191 Å². The second kappa shape index (κ2) is 9.80. The lowest BCUT2D eigenvalue weighted by Crippen LogP contribution is -2.25. The number of primary amides is 1. The first-order valence-corrected chi connectivity index (χ1v) is 11.4. The van der Waals surface area contributed by atoms with Crippen molar-refractivity contribution in [2.24, 2.45) is 5.73 Å². The Balaban J connectivity index is 2.23. The number of amides is 1. The molecular weight excluding hydrogens is 404 g/mol. The summed E-state index contributed by atoms with van der Waals surface area (Å²) in [7, 11) is 0. The number of hydrogen-bond donors (Lipinski definition) is 2. The highest BCUT2D eigenvalue weighted by Gasteiger charge is 2.26. The molecule has 6 heteroatoms. The summed E-state index contributed by atoms with van der Waals surface area (Å²) in [5.41, 5.74) is 7.83. The van der Waals surface area contributed by atoms with Gasteiger partial charge in [0, 0.05) is 18.2 Å². The van der Waals surface area contributed by atoms with Crippen molar-refractivity contribution in [2.45, 2.75) is 85.1 Å². The van der Waals surface area contributed by atoms with Crippen molar-refractivity contribution in [2.75, 3.05) is 6.61 Å². The van der Waals surface area contributed by atoms with E-state index in [0.717, 1.165) is 18.6 Å². The molecule has 1 heterocycles. The molecule has 0 saturated heterocycles. The first kappa shape index (κ1) is 25.5. The van der Waals surface area contributed by atoms with Gasteiger partial charge in [-0.2, -0.15) is 0 Å². The first-order valence-electron chi connectivity index (χ1n) is 11.4. The van der Waals surface area contributed by atoms with Crippen LogP contribution >= 0.6 is 0 Å². The molecule has 0 fully saturated rings. The van der Waals surface area contributed by atoms with Gasteiger partial charge in [-0.1, -0.05) is 53.7 Å². The lowest BCUT2D eigenvalue weighted by Gasteiger charge is -2.30. The van der Waals surface area contributed by atoms with Crippen LogP contribution in [0, 0.1) is 6.92 Å². The molecule has 0 unspecified atom stereocenters. The zero-order valence-corrected chi connectivity index (χ0v) is 20.5. The van der Waals surface area contributed by atoms with Gasteiger partial charge < -0.3 is 15.6 Å². The molecule has 176 valence electrons. The third-order valence-electron chi connectivity index (χ3n) is 6.77. The van der Waals surface area contributed by atoms with Gasteiger partial charge in [-0.05, 0) is 54.2 Å². The average molecular weight is 443 g/mol. The number of aromatic hydroxyl groups is 1. The smallest absolute Gasteiger partial charge is 0.254 e. The van der Waals surface area contributed by atoms with E-state index in [-0.39, 0.29) is 34.4 Å². The van der Waals surface area contributed by atoms with Gasteiger partial charge in [0.2, 0.25) is 5.88 Å². The number of carbonyl (C=O) groups is 1. The first-order chi connectivity index (χ1) is 14.9. The Kier molecular flexibility index (Phi) is 7.81. The molecule has 0 aliphatic rings. The summed E-state index contributed by atoms with van der Waals surface area (Å²) < 4.78 is 7.31. The molecule has 6 nitrogen and oxygen atoms in total. The van der Waals surface area contributed by atoms with Crippen molar-refractivity contribution in [3.8, 4) is 11.6 Å². The molecule has 1 aromatic carbocycles. The predicted molar refractivity (Wildman–Crippen MR) is 129 cm³/mol. The third kappa shape index (κ3) is 5.34. The van der Waals surface area contributed by atoms with E-state index in [2.05, 4.69) is 53.7 Å². The van der Waals surface area contributed by atoms with E-state index in [1.807, 2.05) is 6.07 Å². The average Bonchev–Trinajstić information content (AvgIpc) is 2.72. The number of nitrogens with zero attached hydrogens (tertiary/aromatic N) is 1. The van der Waals surface area contributed by atoms with Crippen LogP contribution in [0.15, 0.2) is 29.1 Å². The molecular formula is C26H38N2O4. The van der Waals surface area contributed by atoms with Gasteiger partial charge in [-0.25, -0.2) is 0 Å². The molecule has 0 spiro atoms. The fraction of sp³-hybridized carbons (Fsp3) is 0.538. The lowest BCUT2D eigenvalue weighted by atomic mass is 9.76. The normalized spacial score (nSPS) is 12.1. The van der Waals surface area contributed by atoms with Crippen molar-refractivity contribution in [1.82, 2.24) is 4.57 Å². The molecule has 3 N–H and O–H groups in total. The van der Waals surface area contributed by atoms with Crippen LogP contribution in [-0.2, 0) is 17.4 Å². The number of benzene rings is 1. The molecule has 0 saturated carbocycles. The standard InChI is InChI=1S/C26H38N2O4/c1-8-25(4,5)18-11-12-20(19(16-18)26(6,7)9-2)32-14-10-13-28-21(29)15-17(3)22(23(27)30)24(28)31/h11-12,15-16,31H,8-10,13-14H2,1-7H3,(H2,27,30). The molecule has 0 bridgehead atoms. The van der Waals surface area contributed by atoms with E-state index < -0.39 is 5.91 Å². The molecule has 0 aliphatic heterocycles. The van der Waals surface area contributed by atoms with Gasteiger partial charge in [0.15, 0.2) is 0 Å². The number of rotatable bonds is 10. The van der Waals surface area contributed by atoms with E-state index >= 15 is 0 Å². The van der Waals surface area contributed by atoms with E-state index in [4.69, 9.17) is 10.5 Å². The van der Waals surface area contributed by atoms with Crippen LogP contribution in [0.25, 0.3) is 0 Å². The summed E-state index contributed by atoms with van der Waals surface area (Å²) in [6.07, 6.45) is 2.51. The highest BCUT2D eigenvalue weighted by atomic mass is 16.5. The number of aromatic nitrogens is 1. The Morgan fingerprint density at radius 1 is 1.09 bits per heavy atom. The summed E-state index contributed by atoms with van der Waals surface area (Å²) in [5.74, 6) is -0.307. The van der Waals surface area contributed by atoms with Gasteiger partial charge in [0.05, 0.1) is 6.61 Å². The van der Waals surface area contributed by atoms with Crippen molar-refractivity contribution in [1.29, 1.82) is 0 Å². The van der Waals surface area contributed by atoms with E-state index in [0.29, 0.717) is 18.6 Å². The van der Waals surface area contributed by atoms with E-state index in [9.17, 15) is 14.7 Å². The molecule has 32 heavy (non-hydrogen) atoms. The molecule has 2 aromatic rings. The van der Waals surface area contributed by atoms with Crippen LogP contribution in [0.4, 0.5) is 0 Å². The minimum absolute atomic E-state index is 0.0216. The molecule has 2 rings (SSSR count). The van der Waals surface area contributed by atoms with Crippen LogP contribution in [0.1, 0.15) is 87.9 Å². The number of carbonyl (C=O) groups excluding carboxylic acids is 1. The van der Waals surface area contributed by atoms with Gasteiger partial charge in [-0.3, -0.25) is 14.2 Å². The highest BCUT2D eigenvalue weighted by Crippen LogP contribution is 2.38. The molecule has 1 amide bonds. The summed E-state index contributed by atoms with van der Waals surface area (Å²) >= 11 is 0. The second-order valence-corrected chi connectivity index (χ2v) is 9.77. The quantitative estimate of drug-likeness (QED) is 0.517. The summed E-state index contributed by atoms with van der Waals surface area (Å²) in [6, 6.07) is 7.75. The molecule has 0 aliphatic carbocycles. The SMILES string of the molecule is CCC(C)(C)c1ccc(OCCCn2c(O)c(C(N)=O)c(C)cc2=O)c(C(C)(C)CC)c1. The van der Waals surface area contributed by atoms with Crippen molar-refractivity contribution >= 4 is 5.91 Å². The van der Waals surface area contributed by atoms with Gasteiger partial charge in [0.25, 0.3) is 11.5 Å². The number of pyridine rings is 1. The van der Waals surface area contributed by atoms with Crippen molar-refractivity contribution in [3.63, 3.8) is 0 Å². The fourth-order valence-corrected chi connectivity index (χ4v) is 3.68. The second-order valence-electron chi connectivity index (χ2n) is 9.77. The molecule has 1 aromatic heterocycles. The van der Waals surface area contributed by atoms with E-state index in [1.165, 1.54) is 21.8 Å². The Bertz CT molecular complexity index is 1030. The number of nitrogens with two attached hydrogens (primary N) is 1. The Morgan fingerprint density at radius 3 is 2.28 bits per heavy atom. The van der Waals surface area contributed by atoms with Crippen LogP contribution in [0.2, 0.25) is 0 Å².